The first-order valence-corrected chi connectivity index (χ1v) is 10.8. The Hall–Kier alpha value is -1.80. The molecule has 2 aromatic carbocycles. The van der Waals surface area contributed by atoms with Crippen molar-refractivity contribution in [1.82, 2.24) is 5.32 Å². The van der Waals surface area contributed by atoms with Gasteiger partial charge in [0.25, 0.3) is 0 Å². The maximum atomic E-state index is 5.88. The topological polar surface area (TPSA) is 21.3 Å². The number of hydrogen-bond donors (Lipinski definition) is 1. The number of nitrogens with one attached hydrogen (secondary N) is 1. The van der Waals surface area contributed by atoms with Gasteiger partial charge >= 0.3 is 0 Å². The first-order valence-electron chi connectivity index (χ1n) is 10.8. The van der Waals surface area contributed by atoms with Crippen LogP contribution in [0.2, 0.25) is 0 Å². The molecule has 0 bridgehead atoms. The minimum Gasteiger partial charge on any atom is -0.494 e. The van der Waals surface area contributed by atoms with Crippen molar-refractivity contribution in [3.05, 3.63) is 65.7 Å². The van der Waals surface area contributed by atoms with Gasteiger partial charge in [0, 0.05) is 6.04 Å². The van der Waals surface area contributed by atoms with Crippen LogP contribution >= 0.6 is 0 Å². The first kappa shape index (κ1) is 21.5. The number of aryl methyl sites for hydroxylation is 1. The van der Waals surface area contributed by atoms with Crippen molar-refractivity contribution >= 4 is 0 Å². The molecule has 27 heavy (non-hydrogen) atoms. The summed E-state index contributed by atoms with van der Waals surface area (Å²) in [6.45, 7) is 6.37. The zero-order chi connectivity index (χ0) is 19.2. The third-order valence-electron chi connectivity index (χ3n) is 5.08. The molecule has 0 heterocycles. The summed E-state index contributed by atoms with van der Waals surface area (Å²) in [5.74, 6) is 0.994. The number of benzene rings is 2. The average Bonchev–Trinajstić information content (AvgIpc) is 2.72. The summed E-state index contributed by atoms with van der Waals surface area (Å²) in [7, 11) is 0. The van der Waals surface area contributed by atoms with Gasteiger partial charge in [-0.3, -0.25) is 0 Å². The quantitative estimate of drug-likeness (QED) is 0.375. The first-order chi connectivity index (χ1) is 13.3. The maximum Gasteiger partial charge on any atom is 0.119 e. The van der Waals surface area contributed by atoms with E-state index in [2.05, 4.69) is 73.8 Å². The van der Waals surface area contributed by atoms with Crippen LogP contribution in [0.1, 0.15) is 76.0 Å². The van der Waals surface area contributed by atoms with E-state index in [4.69, 9.17) is 4.74 Å². The molecule has 0 amide bonds. The Labute approximate surface area is 166 Å². The highest BCUT2D eigenvalue weighted by molar-refractivity contribution is 5.29. The van der Waals surface area contributed by atoms with Crippen LogP contribution in [0.25, 0.3) is 0 Å². The van der Waals surface area contributed by atoms with Gasteiger partial charge in [-0.1, -0.05) is 82.0 Å². The summed E-state index contributed by atoms with van der Waals surface area (Å²) < 4.78 is 5.88. The molecule has 0 aliphatic carbocycles. The third-order valence-corrected chi connectivity index (χ3v) is 5.08. The number of rotatable bonds is 14. The van der Waals surface area contributed by atoms with Crippen LogP contribution in [0.4, 0.5) is 0 Å². The predicted octanol–water partition coefficient (Wildman–Crippen LogP) is 6.71. The summed E-state index contributed by atoms with van der Waals surface area (Å²) >= 11 is 0. The maximum absolute atomic E-state index is 5.88. The van der Waals surface area contributed by atoms with Crippen molar-refractivity contribution in [2.45, 2.75) is 71.3 Å². The summed E-state index contributed by atoms with van der Waals surface area (Å²) in [5, 5.41) is 3.71. The van der Waals surface area contributed by atoms with Crippen LogP contribution in [0, 0.1) is 0 Å². The second kappa shape index (κ2) is 13.4. The van der Waals surface area contributed by atoms with E-state index in [0.29, 0.717) is 6.04 Å². The van der Waals surface area contributed by atoms with Crippen molar-refractivity contribution < 1.29 is 4.74 Å². The van der Waals surface area contributed by atoms with Gasteiger partial charge in [0.1, 0.15) is 5.75 Å². The molecule has 2 heteroatoms. The normalized spacial score (nSPS) is 12.1. The lowest BCUT2D eigenvalue weighted by molar-refractivity contribution is 0.304. The van der Waals surface area contributed by atoms with Gasteiger partial charge in [-0.25, -0.2) is 0 Å². The Morgan fingerprint density at radius 1 is 0.815 bits per heavy atom. The minimum atomic E-state index is 0.420. The molecule has 0 spiro atoms. The van der Waals surface area contributed by atoms with Gasteiger partial charge in [0.2, 0.25) is 0 Å². The summed E-state index contributed by atoms with van der Waals surface area (Å²) in [6, 6.07) is 19.8. The molecule has 0 radical (unpaired) electrons. The van der Waals surface area contributed by atoms with E-state index in [9.17, 15) is 0 Å². The van der Waals surface area contributed by atoms with Gasteiger partial charge in [-0.05, 0) is 55.5 Å². The lowest BCUT2D eigenvalue weighted by atomic mass is 10.0. The minimum absolute atomic E-state index is 0.420. The van der Waals surface area contributed by atoms with E-state index in [-0.39, 0.29) is 0 Å². The molecule has 0 saturated carbocycles. The van der Waals surface area contributed by atoms with Crippen LogP contribution in [0.5, 0.6) is 5.75 Å². The van der Waals surface area contributed by atoms with Crippen LogP contribution in [-0.2, 0) is 6.42 Å². The molecule has 1 atom stereocenters. The van der Waals surface area contributed by atoms with E-state index in [1.165, 1.54) is 43.2 Å². The van der Waals surface area contributed by atoms with Crippen LogP contribution in [-0.4, -0.2) is 13.2 Å². The molecule has 0 saturated heterocycles. The zero-order valence-electron chi connectivity index (χ0n) is 17.3. The highest BCUT2D eigenvalue weighted by atomic mass is 16.5. The second-order valence-corrected chi connectivity index (χ2v) is 7.34. The second-order valence-electron chi connectivity index (χ2n) is 7.34. The molecule has 0 aliphatic heterocycles. The van der Waals surface area contributed by atoms with Gasteiger partial charge in [-0.2, -0.15) is 0 Å². The predicted molar refractivity (Wildman–Crippen MR) is 116 cm³/mol. The summed E-state index contributed by atoms with van der Waals surface area (Å²) in [6.07, 6.45) is 9.79. The largest absolute Gasteiger partial charge is 0.494 e. The smallest absolute Gasteiger partial charge is 0.119 e. The SMILES string of the molecule is CCCCCCCOc1ccc(C(CC)NCCCc2ccccc2)cc1. The fraction of sp³-hybridized carbons (Fsp3) is 0.520. The molecule has 1 N–H and O–H groups in total. The standard InChI is InChI=1S/C25H37NO/c1-3-5-6-7-11-21-27-24-18-16-23(17-19-24)25(4-2)26-20-12-15-22-13-9-8-10-14-22/h8-10,13-14,16-19,25-26H,3-7,11-12,15,20-21H2,1-2H3. The van der Waals surface area contributed by atoms with Gasteiger partial charge in [0.15, 0.2) is 0 Å². The van der Waals surface area contributed by atoms with Crippen molar-refractivity contribution in [3.63, 3.8) is 0 Å². The summed E-state index contributed by atoms with van der Waals surface area (Å²) in [5.41, 5.74) is 2.77. The monoisotopic (exact) mass is 367 g/mol. The summed E-state index contributed by atoms with van der Waals surface area (Å²) in [4.78, 5) is 0. The molecule has 0 aromatic heterocycles. The molecule has 0 aliphatic rings. The molecule has 1 unspecified atom stereocenters. The highest BCUT2D eigenvalue weighted by Crippen LogP contribution is 2.20. The van der Waals surface area contributed by atoms with Gasteiger partial charge < -0.3 is 10.1 Å². The van der Waals surface area contributed by atoms with Crippen LogP contribution < -0.4 is 10.1 Å². The van der Waals surface area contributed by atoms with E-state index in [0.717, 1.165) is 38.2 Å². The van der Waals surface area contributed by atoms with Crippen LogP contribution in [0.3, 0.4) is 0 Å². The van der Waals surface area contributed by atoms with E-state index >= 15 is 0 Å². The Bertz CT molecular complexity index is 593. The average molecular weight is 368 g/mol. The Kier molecular flexibility index (Phi) is 10.7. The molecule has 0 fully saturated rings. The Balaban J connectivity index is 1.68. The molecular formula is C25H37NO. The zero-order valence-corrected chi connectivity index (χ0v) is 17.3. The van der Waals surface area contributed by atoms with E-state index in [1.54, 1.807) is 0 Å². The fourth-order valence-corrected chi connectivity index (χ4v) is 3.40. The molecular weight excluding hydrogens is 330 g/mol. The number of unbranched alkanes of at least 4 members (excludes halogenated alkanes) is 4. The van der Waals surface area contributed by atoms with Crippen molar-refractivity contribution in [2.24, 2.45) is 0 Å². The molecule has 2 nitrogen and oxygen atoms in total. The van der Waals surface area contributed by atoms with Crippen molar-refractivity contribution in [3.8, 4) is 5.75 Å². The third kappa shape index (κ3) is 8.62. The highest BCUT2D eigenvalue weighted by Gasteiger charge is 2.08. The Morgan fingerprint density at radius 2 is 1.56 bits per heavy atom. The number of ether oxygens (including phenoxy) is 1. The molecule has 2 aromatic rings. The lowest BCUT2D eigenvalue weighted by Gasteiger charge is -2.18. The molecule has 2 rings (SSSR count). The number of hydrogen-bond acceptors (Lipinski definition) is 2. The Morgan fingerprint density at radius 3 is 2.26 bits per heavy atom. The van der Waals surface area contributed by atoms with E-state index < -0.39 is 0 Å². The van der Waals surface area contributed by atoms with Gasteiger partial charge in [-0.15, -0.1) is 0 Å². The van der Waals surface area contributed by atoms with Crippen molar-refractivity contribution in [1.29, 1.82) is 0 Å². The molecule has 148 valence electrons. The van der Waals surface area contributed by atoms with Gasteiger partial charge in [0.05, 0.1) is 6.61 Å². The van der Waals surface area contributed by atoms with Crippen LogP contribution in [0.15, 0.2) is 54.6 Å². The lowest BCUT2D eigenvalue weighted by Crippen LogP contribution is -2.22. The van der Waals surface area contributed by atoms with Crippen molar-refractivity contribution in [2.75, 3.05) is 13.2 Å². The fourth-order valence-electron chi connectivity index (χ4n) is 3.40. The van der Waals surface area contributed by atoms with E-state index in [1.807, 2.05) is 0 Å².